The van der Waals surface area contributed by atoms with Crippen LogP contribution in [0.5, 0.6) is 0 Å². The Kier molecular flexibility index (Phi) is 6.61. The number of likely N-dealkylation sites (N-methyl/N-ethyl adjacent to an activating group) is 1. The van der Waals surface area contributed by atoms with E-state index >= 15 is 0 Å². The third kappa shape index (κ3) is 5.07. The first-order chi connectivity index (χ1) is 11.1. The number of carbonyl (C=O) groups excluding carboxylic acids is 2. The summed E-state index contributed by atoms with van der Waals surface area (Å²) in [6, 6.07) is 3.42. The molecule has 1 aliphatic heterocycles. The van der Waals surface area contributed by atoms with Gasteiger partial charge in [-0.3, -0.25) is 14.5 Å². The minimum atomic E-state index is -0.257. The maximum Gasteiger partial charge on any atom is 0.237 e. The molecule has 2 rings (SSSR count). The molecular weight excluding hydrogens is 298 g/mol. The summed E-state index contributed by atoms with van der Waals surface area (Å²) in [6.45, 7) is 4.07. The largest absolute Gasteiger partial charge is 0.468 e. The molecule has 0 aromatic carbocycles. The van der Waals surface area contributed by atoms with Gasteiger partial charge in [-0.05, 0) is 25.5 Å². The number of nitrogens with one attached hydrogen (secondary N) is 2. The van der Waals surface area contributed by atoms with Gasteiger partial charge in [0.15, 0.2) is 0 Å². The summed E-state index contributed by atoms with van der Waals surface area (Å²) in [4.78, 5) is 26.2. The maximum atomic E-state index is 12.3. The Morgan fingerprint density at radius 3 is 2.96 bits per heavy atom. The van der Waals surface area contributed by atoms with Crippen molar-refractivity contribution in [1.29, 1.82) is 0 Å². The lowest BCUT2D eigenvalue weighted by atomic mass is 10.1. The molecule has 0 bridgehead atoms. The number of carbonyl (C=O) groups is 2. The molecule has 1 aromatic heterocycles. The smallest absolute Gasteiger partial charge is 0.237 e. The van der Waals surface area contributed by atoms with Crippen molar-refractivity contribution in [3.8, 4) is 0 Å². The van der Waals surface area contributed by atoms with Gasteiger partial charge in [-0.1, -0.05) is 0 Å². The van der Waals surface area contributed by atoms with E-state index in [4.69, 9.17) is 9.15 Å². The molecule has 23 heavy (non-hydrogen) atoms. The van der Waals surface area contributed by atoms with Gasteiger partial charge in [0.1, 0.15) is 5.76 Å². The number of furan rings is 1. The van der Waals surface area contributed by atoms with Crippen LogP contribution >= 0.6 is 0 Å². The minimum absolute atomic E-state index is 0.00676. The highest BCUT2D eigenvalue weighted by molar-refractivity contribution is 5.82. The van der Waals surface area contributed by atoms with E-state index in [-0.39, 0.29) is 23.9 Å². The van der Waals surface area contributed by atoms with E-state index in [2.05, 4.69) is 10.6 Å². The molecule has 7 nitrogen and oxygen atoms in total. The summed E-state index contributed by atoms with van der Waals surface area (Å²) in [6.07, 6.45) is 2.55. The van der Waals surface area contributed by atoms with Crippen molar-refractivity contribution in [2.75, 3.05) is 26.8 Å². The Hall–Kier alpha value is -1.86. The lowest BCUT2D eigenvalue weighted by Crippen LogP contribution is -2.42. The molecule has 2 heterocycles. The van der Waals surface area contributed by atoms with Crippen molar-refractivity contribution < 1.29 is 18.7 Å². The Labute approximate surface area is 136 Å². The lowest BCUT2D eigenvalue weighted by molar-refractivity contribution is -0.126. The second-order valence-electron chi connectivity index (χ2n) is 5.66. The van der Waals surface area contributed by atoms with Crippen LogP contribution < -0.4 is 10.6 Å². The van der Waals surface area contributed by atoms with Crippen molar-refractivity contribution in [1.82, 2.24) is 15.5 Å². The number of rotatable bonds is 8. The highest BCUT2D eigenvalue weighted by atomic mass is 16.5. The Morgan fingerprint density at radius 2 is 2.30 bits per heavy atom. The number of nitrogens with zero attached hydrogens (tertiary/aromatic N) is 1. The van der Waals surface area contributed by atoms with E-state index < -0.39 is 0 Å². The van der Waals surface area contributed by atoms with E-state index in [9.17, 15) is 9.59 Å². The second kappa shape index (κ2) is 8.69. The van der Waals surface area contributed by atoms with Crippen LogP contribution in [0.15, 0.2) is 22.8 Å². The first-order valence-electron chi connectivity index (χ1n) is 7.96. The zero-order valence-corrected chi connectivity index (χ0v) is 13.7. The zero-order chi connectivity index (χ0) is 16.7. The SMILES string of the molecule is CCNC(=O)[C@@H]1C[C@H](NC(=O)CCOC)CN1Cc1ccco1. The molecule has 1 aromatic rings. The molecule has 0 unspecified atom stereocenters. The number of ether oxygens (including phenoxy) is 1. The molecule has 1 fully saturated rings. The van der Waals surface area contributed by atoms with Crippen molar-refractivity contribution >= 4 is 11.8 Å². The summed E-state index contributed by atoms with van der Waals surface area (Å²) in [5, 5.41) is 5.84. The van der Waals surface area contributed by atoms with E-state index in [1.807, 2.05) is 24.0 Å². The molecule has 128 valence electrons. The zero-order valence-electron chi connectivity index (χ0n) is 13.7. The van der Waals surface area contributed by atoms with Crippen LogP contribution in [-0.4, -0.2) is 55.6 Å². The molecule has 1 saturated heterocycles. The highest BCUT2D eigenvalue weighted by Gasteiger charge is 2.37. The van der Waals surface area contributed by atoms with E-state index in [0.29, 0.717) is 39.1 Å². The van der Waals surface area contributed by atoms with Crippen LogP contribution in [0.1, 0.15) is 25.5 Å². The third-order valence-corrected chi connectivity index (χ3v) is 3.89. The average Bonchev–Trinajstić information content (AvgIpc) is 3.16. The van der Waals surface area contributed by atoms with Crippen molar-refractivity contribution in [2.45, 2.75) is 38.4 Å². The van der Waals surface area contributed by atoms with E-state index in [0.717, 1.165) is 5.76 Å². The molecular formula is C16H25N3O4. The fourth-order valence-corrected chi connectivity index (χ4v) is 2.84. The molecule has 0 radical (unpaired) electrons. The highest BCUT2D eigenvalue weighted by Crippen LogP contribution is 2.21. The quantitative estimate of drug-likeness (QED) is 0.728. The Balaban J connectivity index is 1.96. The number of hydrogen-bond acceptors (Lipinski definition) is 5. The van der Waals surface area contributed by atoms with Crippen molar-refractivity contribution in [3.63, 3.8) is 0 Å². The van der Waals surface area contributed by atoms with Gasteiger partial charge in [0, 0.05) is 32.7 Å². The standard InChI is InChI=1S/C16H25N3O4/c1-3-17-16(21)14-9-12(18-15(20)6-8-22-2)10-19(14)11-13-5-4-7-23-13/h4-5,7,12,14H,3,6,8-11H2,1-2H3,(H,17,21)(H,18,20)/t12-,14-/m0/s1. The minimum Gasteiger partial charge on any atom is -0.468 e. The number of methoxy groups -OCH3 is 1. The number of likely N-dealkylation sites (tertiary alicyclic amines) is 1. The van der Waals surface area contributed by atoms with Gasteiger partial charge < -0.3 is 19.8 Å². The molecule has 0 aliphatic carbocycles. The molecule has 0 saturated carbocycles. The van der Waals surface area contributed by atoms with Gasteiger partial charge >= 0.3 is 0 Å². The molecule has 0 spiro atoms. The predicted octanol–water partition coefficient (Wildman–Crippen LogP) is 0.511. The van der Waals surface area contributed by atoms with Crippen LogP contribution in [0, 0.1) is 0 Å². The molecule has 1 aliphatic rings. The van der Waals surface area contributed by atoms with E-state index in [1.54, 1.807) is 13.4 Å². The normalized spacial score (nSPS) is 21.3. The molecule has 2 amide bonds. The topological polar surface area (TPSA) is 83.8 Å². The molecule has 2 N–H and O–H groups in total. The van der Waals surface area contributed by atoms with Crippen LogP contribution in [0.2, 0.25) is 0 Å². The Bertz CT molecular complexity index is 503. The summed E-state index contributed by atoms with van der Waals surface area (Å²) in [7, 11) is 1.57. The summed E-state index contributed by atoms with van der Waals surface area (Å²) < 4.78 is 10.3. The predicted molar refractivity (Wildman–Crippen MR) is 84.6 cm³/mol. The van der Waals surface area contributed by atoms with Gasteiger partial charge in [-0.15, -0.1) is 0 Å². The first kappa shape index (κ1) is 17.5. The van der Waals surface area contributed by atoms with E-state index in [1.165, 1.54) is 0 Å². The van der Waals surface area contributed by atoms with Crippen LogP contribution in [0.25, 0.3) is 0 Å². The lowest BCUT2D eigenvalue weighted by Gasteiger charge is -2.22. The number of amides is 2. The Morgan fingerprint density at radius 1 is 1.48 bits per heavy atom. The number of hydrogen-bond donors (Lipinski definition) is 2. The second-order valence-corrected chi connectivity index (χ2v) is 5.66. The van der Waals surface area contributed by atoms with Gasteiger partial charge in [0.05, 0.1) is 25.5 Å². The molecule has 2 atom stereocenters. The summed E-state index contributed by atoms with van der Waals surface area (Å²) in [5.41, 5.74) is 0. The van der Waals surface area contributed by atoms with Crippen molar-refractivity contribution in [3.05, 3.63) is 24.2 Å². The summed E-state index contributed by atoms with van der Waals surface area (Å²) in [5.74, 6) is 0.754. The van der Waals surface area contributed by atoms with Crippen molar-refractivity contribution in [2.24, 2.45) is 0 Å². The molecule has 7 heteroatoms. The monoisotopic (exact) mass is 323 g/mol. The average molecular weight is 323 g/mol. The van der Waals surface area contributed by atoms with Gasteiger partial charge in [-0.25, -0.2) is 0 Å². The third-order valence-electron chi connectivity index (χ3n) is 3.89. The maximum absolute atomic E-state index is 12.3. The van der Waals surface area contributed by atoms with Gasteiger partial charge in [-0.2, -0.15) is 0 Å². The summed E-state index contributed by atoms with van der Waals surface area (Å²) >= 11 is 0. The fourth-order valence-electron chi connectivity index (χ4n) is 2.84. The fraction of sp³-hybridized carbons (Fsp3) is 0.625. The van der Waals surface area contributed by atoms with Gasteiger partial charge in [0.2, 0.25) is 11.8 Å². The van der Waals surface area contributed by atoms with Crippen LogP contribution in [-0.2, 0) is 20.9 Å². The van der Waals surface area contributed by atoms with Crippen LogP contribution in [0.4, 0.5) is 0 Å². The van der Waals surface area contributed by atoms with Crippen LogP contribution in [0.3, 0.4) is 0 Å². The van der Waals surface area contributed by atoms with Gasteiger partial charge in [0.25, 0.3) is 0 Å². The first-order valence-corrected chi connectivity index (χ1v) is 7.96.